The Kier molecular flexibility index (Phi) is 6.11. The molecule has 0 spiro atoms. The van der Waals surface area contributed by atoms with Gasteiger partial charge in [0.2, 0.25) is 10.0 Å². The number of aromatic amines is 1. The van der Waals surface area contributed by atoms with Crippen LogP contribution in [0.15, 0.2) is 29.2 Å². The Bertz CT molecular complexity index is 901. The standard InChI is InChI=1S/C16H20N4O5S/c1-10-15(11(2)20-19-10)26(23,24)18-8-7-17-16(22)13-5-4-6-14(9-13)25-12(3)21/h4-6,9,18H,7-8H2,1-3H3,(H,17,22)(H,19,20). The quantitative estimate of drug-likeness (QED) is 0.367. The summed E-state index contributed by atoms with van der Waals surface area (Å²) in [6, 6.07) is 6.13. The Hall–Kier alpha value is -2.72. The number of nitrogens with one attached hydrogen (secondary N) is 3. The van der Waals surface area contributed by atoms with Crippen molar-refractivity contribution in [2.45, 2.75) is 25.7 Å². The molecule has 0 aliphatic heterocycles. The first-order chi connectivity index (χ1) is 12.2. The fourth-order valence-electron chi connectivity index (χ4n) is 2.34. The molecule has 2 rings (SSSR count). The lowest BCUT2D eigenvalue weighted by atomic mass is 10.2. The number of aryl methyl sites for hydroxylation is 2. The number of sulfonamides is 1. The zero-order valence-electron chi connectivity index (χ0n) is 14.6. The average Bonchev–Trinajstić information content (AvgIpc) is 2.90. The molecule has 1 aromatic heterocycles. The first-order valence-corrected chi connectivity index (χ1v) is 9.27. The molecule has 0 fully saturated rings. The molecular weight excluding hydrogens is 360 g/mol. The minimum atomic E-state index is -3.71. The molecule has 0 radical (unpaired) electrons. The molecule has 9 nitrogen and oxygen atoms in total. The summed E-state index contributed by atoms with van der Waals surface area (Å²) in [6.07, 6.45) is 0. The van der Waals surface area contributed by atoms with Gasteiger partial charge in [0.25, 0.3) is 5.91 Å². The summed E-state index contributed by atoms with van der Waals surface area (Å²) in [5.41, 5.74) is 1.12. The van der Waals surface area contributed by atoms with Gasteiger partial charge in [0.15, 0.2) is 0 Å². The molecular formula is C16H20N4O5S. The van der Waals surface area contributed by atoms with Crippen LogP contribution < -0.4 is 14.8 Å². The van der Waals surface area contributed by atoms with E-state index in [2.05, 4.69) is 20.2 Å². The summed E-state index contributed by atoms with van der Waals surface area (Å²) in [5.74, 6) is -0.632. The van der Waals surface area contributed by atoms with Crippen LogP contribution in [-0.2, 0) is 14.8 Å². The molecule has 0 bridgehead atoms. The van der Waals surface area contributed by atoms with Crippen LogP contribution in [0.3, 0.4) is 0 Å². The second-order valence-electron chi connectivity index (χ2n) is 5.54. The number of ether oxygens (including phenoxy) is 1. The monoisotopic (exact) mass is 380 g/mol. The van der Waals surface area contributed by atoms with Crippen LogP contribution in [0.2, 0.25) is 0 Å². The normalized spacial score (nSPS) is 11.2. The Morgan fingerprint density at radius 3 is 2.58 bits per heavy atom. The molecule has 3 N–H and O–H groups in total. The Balaban J connectivity index is 1.90. The highest BCUT2D eigenvalue weighted by atomic mass is 32.2. The summed E-state index contributed by atoms with van der Waals surface area (Å²) in [4.78, 5) is 23.2. The van der Waals surface area contributed by atoms with Gasteiger partial charge in [0.1, 0.15) is 10.6 Å². The number of rotatable bonds is 7. The molecule has 26 heavy (non-hydrogen) atoms. The van der Waals surface area contributed by atoms with Gasteiger partial charge in [-0.05, 0) is 32.0 Å². The van der Waals surface area contributed by atoms with Gasteiger partial charge < -0.3 is 10.1 Å². The summed E-state index contributed by atoms with van der Waals surface area (Å²) < 4.78 is 31.9. The summed E-state index contributed by atoms with van der Waals surface area (Å²) in [6.45, 7) is 4.58. The van der Waals surface area contributed by atoms with Crippen molar-refractivity contribution in [2.75, 3.05) is 13.1 Å². The number of carbonyl (C=O) groups is 2. The van der Waals surface area contributed by atoms with Crippen molar-refractivity contribution in [1.82, 2.24) is 20.2 Å². The second kappa shape index (κ2) is 8.11. The van der Waals surface area contributed by atoms with E-state index in [9.17, 15) is 18.0 Å². The predicted molar refractivity (Wildman–Crippen MR) is 93.3 cm³/mol. The third kappa shape index (κ3) is 4.90. The Labute approximate surface area is 151 Å². The summed E-state index contributed by atoms with van der Waals surface area (Å²) in [5, 5.41) is 9.07. The highest BCUT2D eigenvalue weighted by molar-refractivity contribution is 7.89. The van der Waals surface area contributed by atoms with Crippen LogP contribution in [0.1, 0.15) is 28.7 Å². The molecule has 10 heteroatoms. The lowest BCUT2D eigenvalue weighted by Crippen LogP contribution is -2.35. The van der Waals surface area contributed by atoms with Gasteiger partial charge in [0, 0.05) is 25.6 Å². The molecule has 2 aromatic rings. The average molecular weight is 380 g/mol. The lowest BCUT2D eigenvalue weighted by molar-refractivity contribution is -0.131. The van der Waals surface area contributed by atoms with Crippen molar-refractivity contribution in [2.24, 2.45) is 0 Å². The van der Waals surface area contributed by atoms with Crippen molar-refractivity contribution < 1.29 is 22.7 Å². The molecule has 1 aromatic carbocycles. The van der Waals surface area contributed by atoms with Gasteiger partial charge in [0.05, 0.1) is 11.4 Å². The number of H-pyrrole nitrogens is 1. The van der Waals surface area contributed by atoms with Crippen LogP contribution in [0.25, 0.3) is 0 Å². The molecule has 0 aliphatic carbocycles. The maximum atomic E-state index is 12.3. The smallest absolute Gasteiger partial charge is 0.308 e. The zero-order valence-corrected chi connectivity index (χ0v) is 15.4. The Morgan fingerprint density at radius 2 is 1.96 bits per heavy atom. The van der Waals surface area contributed by atoms with Gasteiger partial charge in [-0.3, -0.25) is 14.7 Å². The fourth-order valence-corrected chi connectivity index (χ4v) is 3.74. The third-order valence-corrected chi connectivity index (χ3v) is 5.11. The van der Waals surface area contributed by atoms with Crippen molar-refractivity contribution in [3.63, 3.8) is 0 Å². The van der Waals surface area contributed by atoms with Gasteiger partial charge >= 0.3 is 5.97 Å². The molecule has 0 saturated heterocycles. The number of esters is 1. The first kappa shape index (κ1) is 19.6. The van der Waals surface area contributed by atoms with Crippen LogP contribution in [0.5, 0.6) is 5.75 Å². The van der Waals surface area contributed by atoms with Gasteiger partial charge in [-0.2, -0.15) is 5.10 Å². The van der Waals surface area contributed by atoms with Crippen molar-refractivity contribution in [3.8, 4) is 5.75 Å². The van der Waals surface area contributed by atoms with E-state index in [4.69, 9.17) is 4.74 Å². The SMILES string of the molecule is CC(=O)Oc1cccc(C(=O)NCCNS(=O)(=O)c2c(C)n[nH]c2C)c1. The summed E-state index contributed by atoms with van der Waals surface area (Å²) in [7, 11) is -3.71. The lowest BCUT2D eigenvalue weighted by Gasteiger charge is -2.09. The number of hydrogen-bond acceptors (Lipinski definition) is 6. The van der Waals surface area contributed by atoms with E-state index in [-0.39, 0.29) is 23.7 Å². The van der Waals surface area contributed by atoms with Gasteiger partial charge in [-0.25, -0.2) is 13.1 Å². The molecule has 140 valence electrons. The van der Waals surface area contributed by atoms with E-state index < -0.39 is 21.9 Å². The molecule has 0 unspecified atom stereocenters. The van der Waals surface area contributed by atoms with Crippen LogP contribution >= 0.6 is 0 Å². The van der Waals surface area contributed by atoms with Crippen molar-refractivity contribution in [1.29, 1.82) is 0 Å². The maximum Gasteiger partial charge on any atom is 0.308 e. The fraction of sp³-hybridized carbons (Fsp3) is 0.312. The third-order valence-electron chi connectivity index (χ3n) is 3.39. The van der Waals surface area contributed by atoms with Crippen LogP contribution in [-0.4, -0.2) is 43.6 Å². The van der Waals surface area contributed by atoms with Gasteiger partial charge in [-0.1, -0.05) is 6.07 Å². The van der Waals surface area contributed by atoms with Gasteiger partial charge in [-0.15, -0.1) is 0 Å². The largest absolute Gasteiger partial charge is 0.427 e. The van der Waals surface area contributed by atoms with E-state index in [1.54, 1.807) is 32.0 Å². The molecule has 0 aliphatic rings. The number of carbonyl (C=O) groups excluding carboxylic acids is 2. The highest BCUT2D eigenvalue weighted by Gasteiger charge is 2.21. The number of benzene rings is 1. The van der Waals surface area contributed by atoms with E-state index >= 15 is 0 Å². The maximum absolute atomic E-state index is 12.3. The van der Waals surface area contributed by atoms with Crippen molar-refractivity contribution in [3.05, 3.63) is 41.2 Å². The van der Waals surface area contributed by atoms with E-state index in [0.717, 1.165) is 0 Å². The molecule has 1 heterocycles. The number of nitrogens with zero attached hydrogens (tertiary/aromatic N) is 1. The minimum Gasteiger partial charge on any atom is -0.427 e. The first-order valence-electron chi connectivity index (χ1n) is 7.78. The van der Waals surface area contributed by atoms with Crippen LogP contribution in [0, 0.1) is 13.8 Å². The summed E-state index contributed by atoms with van der Waals surface area (Å²) >= 11 is 0. The predicted octanol–water partition coefficient (Wildman–Crippen LogP) is 0.660. The highest BCUT2D eigenvalue weighted by Crippen LogP contribution is 2.16. The topological polar surface area (TPSA) is 130 Å². The van der Waals surface area contributed by atoms with E-state index in [0.29, 0.717) is 17.0 Å². The number of amides is 1. The molecule has 1 amide bonds. The molecule has 0 atom stereocenters. The van der Waals surface area contributed by atoms with E-state index in [1.165, 1.54) is 13.0 Å². The molecule has 0 saturated carbocycles. The van der Waals surface area contributed by atoms with Crippen molar-refractivity contribution >= 4 is 21.9 Å². The van der Waals surface area contributed by atoms with Crippen LogP contribution in [0.4, 0.5) is 0 Å². The minimum absolute atomic E-state index is 0.0156. The number of hydrogen-bond donors (Lipinski definition) is 3. The Morgan fingerprint density at radius 1 is 1.23 bits per heavy atom. The number of aromatic nitrogens is 2. The zero-order chi connectivity index (χ0) is 19.3. The second-order valence-corrected chi connectivity index (χ2v) is 7.24. The van der Waals surface area contributed by atoms with E-state index in [1.807, 2.05) is 0 Å².